The van der Waals surface area contributed by atoms with Crippen LogP contribution >= 0.6 is 23.2 Å². The molecule has 2 heterocycles. The first-order valence-electron chi connectivity index (χ1n) is 11.0. The number of halogens is 2. The Balaban J connectivity index is 1.12. The molecule has 3 aromatic rings. The fraction of sp³-hybridized carbons (Fsp3) is 0.360. The van der Waals surface area contributed by atoms with Crippen molar-refractivity contribution in [1.29, 1.82) is 0 Å². The number of hydrogen-bond donors (Lipinski definition) is 2. The van der Waals surface area contributed by atoms with Gasteiger partial charge in [-0.3, -0.25) is 4.79 Å². The van der Waals surface area contributed by atoms with E-state index in [-0.39, 0.29) is 23.3 Å². The Labute approximate surface area is 200 Å². The first kappa shape index (κ1) is 21.0. The highest BCUT2D eigenvalue weighted by molar-refractivity contribution is 6.31. The van der Waals surface area contributed by atoms with Gasteiger partial charge in [-0.1, -0.05) is 23.2 Å². The van der Waals surface area contributed by atoms with Crippen LogP contribution in [0.3, 0.4) is 0 Å². The van der Waals surface area contributed by atoms with Crippen LogP contribution < -0.4 is 10.1 Å². The molecule has 6 nitrogen and oxygen atoms in total. The molecule has 2 bridgehead atoms. The maximum Gasteiger partial charge on any atom is 0.261 e. The molecule has 0 unspecified atom stereocenters. The highest BCUT2D eigenvalue weighted by atomic mass is 35.5. The number of nitrogens with zero attached hydrogens (tertiary/aromatic N) is 1. The molecule has 2 aromatic carbocycles. The van der Waals surface area contributed by atoms with Crippen LogP contribution in [0.4, 0.5) is 0 Å². The van der Waals surface area contributed by atoms with Crippen molar-refractivity contribution in [2.24, 2.45) is 0 Å². The highest BCUT2D eigenvalue weighted by Gasteiger charge is 2.72. The zero-order valence-corrected chi connectivity index (χ0v) is 19.4. The van der Waals surface area contributed by atoms with Crippen LogP contribution in [0.5, 0.6) is 5.75 Å². The molecule has 3 saturated carbocycles. The fourth-order valence-electron chi connectivity index (χ4n) is 5.56. The third-order valence-corrected chi connectivity index (χ3v) is 7.59. The van der Waals surface area contributed by atoms with Crippen LogP contribution in [-0.4, -0.2) is 27.6 Å². The maximum atomic E-state index is 12.9. The minimum atomic E-state index is -0.788. The number of aliphatic hydroxyl groups excluding tert-OH is 1. The number of aromatic nitrogens is 1. The summed E-state index contributed by atoms with van der Waals surface area (Å²) in [5, 5.41) is 14.8. The van der Waals surface area contributed by atoms with Crippen LogP contribution in [0.25, 0.3) is 11.3 Å². The van der Waals surface area contributed by atoms with E-state index in [1.165, 1.54) is 0 Å². The van der Waals surface area contributed by atoms with Crippen molar-refractivity contribution in [3.63, 3.8) is 0 Å². The minimum absolute atomic E-state index is 0.126. The van der Waals surface area contributed by atoms with Crippen molar-refractivity contribution >= 4 is 29.1 Å². The number of hydrogen-bond acceptors (Lipinski definition) is 5. The number of carbonyl (C=O) groups excluding carboxylic acids is 1. The van der Waals surface area contributed by atoms with Crippen molar-refractivity contribution in [2.75, 3.05) is 0 Å². The first-order valence-corrected chi connectivity index (χ1v) is 11.7. The molecular formula is C25H22Cl2N2O4. The van der Waals surface area contributed by atoms with Gasteiger partial charge in [0, 0.05) is 33.1 Å². The average molecular weight is 485 g/mol. The lowest BCUT2D eigenvalue weighted by molar-refractivity contribution is -0.149. The van der Waals surface area contributed by atoms with Gasteiger partial charge in [0.05, 0.1) is 17.2 Å². The van der Waals surface area contributed by atoms with E-state index in [9.17, 15) is 9.90 Å². The predicted octanol–water partition coefficient (Wildman–Crippen LogP) is 5.13. The van der Waals surface area contributed by atoms with Gasteiger partial charge in [0.25, 0.3) is 5.91 Å². The summed E-state index contributed by atoms with van der Waals surface area (Å²) in [5.74, 6) is 1.79. The van der Waals surface area contributed by atoms with Crippen molar-refractivity contribution in [3.8, 4) is 17.1 Å². The summed E-state index contributed by atoms with van der Waals surface area (Å²) in [6.45, 7) is 1.94. The second-order valence-electron chi connectivity index (χ2n) is 9.56. The number of rotatable bonds is 4. The molecule has 4 aliphatic rings. The second kappa shape index (κ2) is 7.23. The number of benzene rings is 2. The summed E-state index contributed by atoms with van der Waals surface area (Å²) in [4.78, 5) is 17.6. The monoisotopic (exact) mass is 484 g/mol. The topological polar surface area (TPSA) is 84.6 Å². The fourth-order valence-corrected chi connectivity index (χ4v) is 5.87. The minimum Gasteiger partial charge on any atom is -0.480 e. The standard InChI is InChI=1S/C25H22Cl2N2O4/c1-13-21(14-2-4-15(26)5-3-14)33-23(28-13)24-10-25(11-24,12-24)29-22(31)20-9-18(30)17-8-16(27)6-7-19(17)32-20/h2-8,18,20,30H,9-12H2,1H3,(H,29,31)/t18-,20-,24?,25?/m1/s1. The zero-order valence-electron chi connectivity index (χ0n) is 17.9. The van der Waals surface area contributed by atoms with Gasteiger partial charge in [-0.05, 0) is 68.7 Å². The molecule has 7 rings (SSSR count). The number of carbonyl (C=O) groups is 1. The molecule has 1 aliphatic heterocycles. The first-order chi connectivity index (χ1) is 15.8. The van der Waals surface area contributed by atoms with E-state index in [0.29, 0.717) is 21.4 Å². The quantitative estimate of drug-likeness (QED) is 0.535. The lowest BCUT2D eigenvalue weighted by atomic mass is 9.39. The average Bonchev–Trinajstić information content (AvgIpc) is 3.11. The number of nitrogens with one attached hydrogen (secondary N) is 1. The molecule has 3 aliphatic carbocycles. The van der Waals surface area contributed by atoms with Crippen LogP contribution in [0.15, 0.2) is 46.9 Å². The zero-order chi connectivity index (χ0) is 23.0. The van der Waals surface area contributed by atoms with Crippen LogP contribution in [0, 0.1) is 6.92 Å². The second-order valence-corrected chi connectivity index (χ2v) is 10.4. The van der Waals surface area contributed by atoms with Gasteiger partial charge in [0.2, 0.25) is 5.89 Å². The van der Waals surface area contributed by atoms with Crippen LogP contribution in [0.1, 0.15) is 48.9 Å². The molecule has 0 saturated heterocycles. The van der Waals surface area contributed by atoms with E-state index in [2.05, 4.69) is 5.32 Å². The van der Waals surface area contributed by atoms with E-state index < -0.39 is 12.2 Å². The Morgan fingerprint density at radius 2 is 1.82 bits per heavy atom. The Hall–Kier alpha value is -2.54. The van der Waals surface area contributed by atoms with E-state index in [4.69, 9.17) is 37.3 Å². The van der Waals surface area contributed by atoms with Crippen LogP contribution in [0.2, 0.25) is 10.0 Å². The third-order valence-electron chi connectivity index (χ3n) is 7.11. The summed E-state index contributed by atoms with van der Waals surface area (Å²) < 4.78 is 12.0. The highest BCUT2D eigenvalue weighted by Crippen LogP contribution is 2.67. The Bertz CT molecular complexity index is 1250. The lowest BCUT2D eigenvalue weighted by Gasteiger charge is -2.68. The number of fused-ring (bicyclic) bond motifs is 1. The van der Waals surface area contributed by atoms with Crippen molar-refractivity contribution in [1.82, 2.24) is 10.3 Å². The molecule has 0 radical (unpaired) electrons. The Morgan fingerprint density at radius 3 is 2.55 bits per heavy atom. The number of aliphatic hydroxyl groups is 1. The summed E-state index contributed by atoms with van der Waals surface area (Å²) in [6, 6.07) is 12.6. The number of oxazole rings is 1. The van der Waals surface area contributed by atoms with Gasteiger partial charge < -0.3 is 19.6 Å². The van der Waals surface area contributed by atoms with Gasteiger partial charge in [-0.15, -0.1) is 0 Å². The van der Waals surface area contributed by atoms with E-state index in [0.717, 1.165) is 42.2 Å². The molecule has 170 valence electrons. The molecule has 8 heteroatoms. The van der Waals surface area contributed by atoms with Gasteiger partial charge in [0.1, 0.15) is 5.75 Å². The maximum absolute atomic E-state index is 12.9. The number of aryl methyl sites for hydroxylation is 1. The molecule has 1 aromatic heterocycles. The third kappa shape index (κ3) is 3.35. The van der Waals surface area contributed by atoms with Gasteiger partial charge in [0.15, 0.2) is 11.9 Å². The van der Waals surface area contributed by atoms with Crippen molar-refractivity contribution < 1.29 is 19.1 Å². The molecule has 3 fully saturated rings. The van der Waals surface area contributed by atoms with Crippen LogP contribution in [-0.2, 0) is 10.2 Å². The summed E-state index contributed by atoms with van der Waals surface area (Å²) in [5.41, 5.74) is 2.03. The number of ether oxygens (including phenoxy) is 1. The molecule has 2 atom stereocenters. The SMILES string of the molecule is Cc1nc(C23CC(NC(=O)[C@H]4C[C@@H](O)c5cc(Cl)ccc5O4)(C2)C3)oc1-c1ccc(Cl)cc1. The molecule has 0 spiro atoms. The Morgan fingerprint density at radius 1 is 1.12 bits per heavy atom. The largest absolute Gasteiger partial charge is 0.480 e. The van der Waals surface area contributed by atoms with E-state index in [1.54, 1.807) is 18.2 Å². The Kier molecular flexibility index (Phi) is 4.60. The number of amides is 1. The molecule has 33 heavy (non-hydrogen) atoms. The summed E-state index contributed by atoms with van der Waals surface area (Å²) >= 11 is 12.0. The van der Waals surface area contributed by atoms with Gasteiger partial charge in [-0.25, -0.2) is 4.98 Å². The molecular weight excluding hydrogens is 463 g/mol. The van der Waals surface area contributed by atoms with Gasteiger partial charge in [-0.2, -0.15) is 0 Å². The van der Waals surface area contributed by atoms with E-state index >= 15 is 0 Å². The van der Waals surface area contributed by atoms with Gasteiger partial charge >= 0.3 is 0 Å². The molecule has 1 amide bonds. The molecule has 2 N–H and O–H groups in total. The van der Waals surface area contributed by atoms with E-state index in [1.807, 2.05) is 31.2 Å². The van der Waals surface area contributed by atoms with Crippen molar-refractivity contribution in [2.45, 2.75) is 55.8 Å². The predicted molar refractivity (Wildman–Crippen MR) is 124 cm³/mol. The summed E-state index contributed by atoms with van der Waals surface area (Å²) in [7, 11) is 0. The normalized spacial score (nSPS) is 29.3. The smallest absolute Gasteiger partial charge is 0.261 e. The lowest BCUT2D eigenvalue weighted by Crippen LogP contribution is -2.77. The van der Waals surface area contributed by atoms with Crippen molar-refractivity contribution in [3.05, 3.63) is 69.7 Å². The summed E-state index contributed by atoms with van der Waals surface area (Å²) in [6.07, 6.45) is 1.03.